The van der Waals surface area contributed by atoms with Crippen molar-refractivity contribution in [3.8, 4) is 17.0 Å². The van der Waals surface area contributed by atoms with E-state index in [9.17, 15) is 5.11 Å². The van der Waals surface area contributed by atoms with Gasteiger partial charge in [0.05, 0.1) is 25.6 Å². The third-order valence-corrected chi connectivity index (χ3v) is 5.06. The second kappa shape index (κ2) is 7.32. The molecule has 134 valence electrons. The van der Waals surface area contributed by atoms with Crippen molar-refractivity contribution in [3.63, 3.8) is 0 Å². The first kappa shape index (κ1) is 16.8. The van der Waals surface area contributed by atoms with Crippen molar-refractivity contribution < 1.29 is 9.84 Å². The van der Waals surface area contributed by atoms with Gasteiger partial charge in [0.1, 0.15) is 5.75 Å². The number of hydrogen-bond donors (Lipinski definition) is 2. The second-order valence-corrected chi connectivity index (χ2v) is 6.75. The lowest BCUT2D eigenvalue weighted by Crippen LogP contribution is -2.34. The Balaban J connectivity index is 1.58. The Labute approximate surface area is 153 Å². The summed E-state index contributed by atoms with van der Waals surface area (Å²) < 4.78 is 5.34. The number of nitrogens with one attached hydrogen (secondary N) is 1. The van der Waals surface area contributed by atoms with Gasteiger partial charge in [-0.15, -0.1) is 0 Å². The molecule has 5 nitrogen and oxygen atoms in total. The number of aliphatic hydroxyl groups excluding tert-OH is 1. The van der Waals surface area contributed by atoms with Gasteiger partial charge in [0.2, 0.25) is 0 Å². The molecule has 5 heteroatoms. The summed E-state index contributed by atoms with van der Waals surface area (Å²) in [7, 11) is 1.67. The van der Waals surface area contributed by atoms with Gasteiger partial charge in [-0.05, 0) is 23.3 Å². The maximum Gasteiger partial charge on any atom is 0.119 e. The Morgan fingerprint density at radius 1 is 1.23 bits per heavy atom. The van der Waals surface area contributed by atoms with Crippen molar-refractivity contribution in [2.75, 3.05) is 20.3 Å². The standard InChI is InChI=1S/C21H23N3O2/c1-26-19-7-4-6-15(9-19)21-17(10-22-23-21)12-24-11-16-5-2-3-8-20(16)18(13-24)14-25/h2-10,18,25H,11-14H2,1H3,(H,22,23). The highest BCUT2D eigenvalue weighted by molar-refractivity contribution is 5.64. The van der Waals surface area contributed by atoms with Gasteiger partial charge in [-0.3, -0.25) is 10.00 Å². The Bertz CT molecular complexity index is 890. The zero-order chi connectivity index (χ0) is 17.9. The SMILES string of the molecule is COc1cccc(-c2[nH]ncc2CN2Cc3ccccc3C(CO)C2)c1. The first-order valence-electron chi connectivity index (χ1n) is 8.86. The molecule has 0 amide bonds. The molecule has 3 aromatic rings. The molecule has 2 aromatic carbocycles. The second-order valence-electron chi connectivity index (χ2n) is 6.75. The minimum Gasteiger partial charge on any atom is -0.497 e. The number of hydrogen-bond acceptors (Lipinski definition) is 4. The van der Waals surface area contributed by atoms with E-state index in [4.69, 9.17) is 4.74 Å². The number of fused-ring (bicyclic) bond motifs is 1. The molecule has 26 heavy (non-hydrogen) atoms. The highest BCUT2D eigenvalue weighted by atomic mass is 16.5. The quantitative estimate of drug-likeness (QED) is 0.743. The summed E-state index contributed by atoms with van der Waals surface area (Å²) in [6.45, 7) is 2.68. The number of aromatic amines is 1. The third kappa shape index (κ3) is 3.23. The zero-order valence-corrected chi connectivity index (χ0v) is 14.9. The average Bonchev–Trinajstić information content (AvgIpc) is 3.15. The number of rotatable bonds is 5. The van der Waals surface area contributed by atoms with Gasteiger partial charge in [0, 0.05) is 36.7 Å². The highest BCUT2D eigenvalue weighted by Gasteiger charge is 2.25. The molecular formula is C21H23N3O2. The fraction of sp³-hybridized carbons (Fsp3) is 0.286. The monoisotopic (exact) mass is 349 g/mol. The van der Waals surface area contributed by atoms with Crippen molar-refractivity contribution in [2.45, 2.75) is 19.0 Å². The Morgan fingerprint density at radius 3 is 2.96 bits per heavy atom. The van der Waals surface area contributed by atoms with Crippen LogP contribution in [0.5, 0.6) is 5.75 Å². The van der Waals surface area contributed by atoms with Crippen LogP contribution >= 0.6 is 0 Å². The van der Waals surface area contributed by atoms with Crippen LogP contribution in [0.15, 0.2) is 54.7 Å². The van der Waals surface area contributed by atoms with Crippen LogP contribution in [-0.4, -0.2) is 40.5 Å². The molecule has 1 unspecified atom stereocenters. The van der Waals surface area contributed by atoms with Gasteiger partial charge in [-0.1, -0.05) is 36.4 Å². The van der Waals surface area contributed by atoms with Gasteiger partial charge in [-0.2, -0.15) is 5.10 Å². The number of nitrogens with zero attached hydrogens (tertiary/aromatic N) is 2. The summed E-state index contributed by atoms with van der Waals surface area (Å²) in [5.41, 5.74) is 5.79. The molecule has 1 atom stereocenters. The van der Waals surface area contributed by atoms with Gasteiger partial charge < -0.3 is 9.84 Å². The van der Waals surface area contributed by atoms with Crippen molar-refractivity contribution in [1.82, 2.24) is 15.1 Å². The lowest BCUT2D eigenvalue weighted by atomic mass is 9.90. The maximum atomic E-state index is 9.81. The first-order valence-corrected chi connectivity index (χ1v) is 8.86. The van der Waals surface area contributed by atoms with Crippen LogP contribution in [0, 0.1) is 0 Å². The minimum absolute atomic E-state index is 0.159. The predicted octanol–water partition coefficient (Wildman–Crippen LogP) is 3.18. The molecule has 0 fully saturated rings. The number of methoxy groups -OCH3 is 1. The Hall–Kier alpha value is -2.63. The van der Waals surface area contributed by atoms with Crippen molar-refractivity contribution >= 4 is 0 Å². The van der Waals surface area contributed by atoms with E-state index < -0.39 is 0 Å². The topological polar surface area (TPSA) is 61.4 Å². The van der Waals surface area contributed by atoms with E-state index in [1.807, 2.05) is 30.5 Å². The van der Waals surface area contributed by atoms with Crippen molar-refractivity contribution in [1.29, 1.82) is 0 Å². The number of benzene rings is 2. The molecule has 2 N–H and O–H groups in total. The normalized spacial score (nSPS) is 17.1. The van der Waals surface area contributed by atoms with Crippen LogP contribution in [0.2, 0.25) is 0 Å². The Kier molecular flexibility index (Phi) is 4.73. The van der Waals surface area contributed by atoms with Crippen LogP contribution in [0.4, 0.5) is 0 Å². The summed E-state index contributed by atoms with van der Waals surface area (Å²) in [6, 6.07) is 16.4. The lowest BCUT2D eigenvalue weighted by molar-refractivity contribution is 0.174. The number of aromatic nitrogens is 2. The molecule has 1 aliphatic rings. The van der Waals surface area contributed by atoms with E-state index >= 15 is 0 Å². The van der Waals surface area contributed by atoms with E-state index in [2.05, 4.69) is 39.4 Å². The minimum atomic E-state index is 0.159. The van der Waals surface area contributed by atoms with Crippen molar-refractivity contribution in [2.24, 2.45) is 0 Å². The molecule has 0 radical (unpaired) electrons. The van der Waals surface area contributed by atoms with Crippen LogP contribution in [0.1, 0.15) is 22.6 Å². The largest absolute Gasteiger partial charge is 0.497 e. The zero-order valence-electron chi connectivity index (χ0n) is 14.9. The summed E-state index contributed by atoms with van der Waals surface area (Å²) in [4.78, 5) is 2.37. The van der Waals surface area contributed by atoms with Gasteiger partial charge >= 0.3 is 0 Å². The summed E-state index contributed by atoms with van der Waals surface area (Å²) in [5.74, 6) is 0.988. The van der Waals surface area contributed by atoms with Crippen molar-refractivity contribution in [3.05, 3.63) is 71.4 Å². The van der Waals surface area contributed by atoms with E-state index in [-0.39, 0.29) is 12.5 Å². The molecule has 1 aromatic heterocycles. The van der Waals surface area contributed by atoms with E-state index in [0.717, 1.165) is 42.2 Å². The predicted molar refractivity (Wildman–Crippen MR) is 101 cm³/mol. The molecular weight excluding hydrogens is 326 g/mol. The highest BCUT2D eigenvalue weighted by Crippen LogP contribution is 2.31. The summed E-state index contributed by atoms with van der Waals surface area (Å²) >= 11 is 0. The molecule has 4 rings (SSSR count). The van der Waals surface area contributed by atoms with Gasteiger partial charge in [0.15, 0.2) is 0 Å². The van der Waals surface area contributed by atoms with Gasteiger partial charge in [-0.25, -0.2) is 0 Å². The molecule has 0 saturated carbocycles. The van der Waals surface area contributed by atoms with Gasteiger partial charge in [0.25, 0.3) is 0 Å². The van der Waals surface area contributed by atoms with Crippen LogP contribution in [-0.2, 0) is 13.1 Å². The Morgan fingerprint density at radius 2 is 2.12 bits per heavy atom. The molecule has 0 bridgehead atoms. The fourth-order valence-electron chi connectivity index (χ4n) is 3.77. The first-order chi connectivity index (χ1) is 12.8. The molecule has 0 aliphatic carbocycles. The smallest absolute Gasteiger partial charge is 0.119 e. The van der Waals surface area contributed by atoms with E-state index in [0.29, 0.717) is 0 Å². The molecule has 2 heterocycles. The number of ether oxygens (including phenoxy) is 1. The van der Waals surface area contributed by atoms with E-state index in [1.165, 1.54) is 11.1 Å². The lowest BCUT2D eigenvalue weighted by Gasteiger charge is -2.33. The summed E-state index contributed by atoms with van der Waals surface area (Å²) in [5, 5.41) is 17.2. The molecule has 0 saturated heterocycles. The van der Waals surface area contributed by atoms with Crippen LogP contribution in [0.25, 0.3) is 11.3 Å². The van der Waals surface area contributed by atoms with E-state index in [1.54, 1.807) is 7.11 Å². The molecule has 1 aliphatic heterocycles. The van der Waals surface area contributed by atoms with Crippen LogP contribution < -0.4 is 4.74 Å². The number of aliphatic hydroxyl groups is 1. The summed E-state index contributed by atoms with van der Waals surface area (Å²) in [6.07, 6.45) is 1.89. The maximum absolute atomic E-state index is 9.81. The third-order valence-electron chi connectivity index (χ3n) is 5.06. The fourth-order valence-corrected chi connectivity index (χ4v) is 3.77. The van der Waals surface area contributed by atoms with Crippen LogP contribution in [0.3, 0.4) is 0 Å². The average molecular weight is 349 g/mol. The number of H-pyrrole nitrogens is 1. The molecule has 0 spiro atoms.